The summed E-state index contributed by atoms with van der Waals surface area (Å²) in [6, 6.07) is 7.40. The molecule has 1 aromatic carbocycles. The topological polar surface area (TPSA) is 46.6 Å². The number of benzene rings is 1. The fourth-order valence-corrected chi connectivity index (χ4v) is 3.62. The number of amides is 1. The van der Waals surface area contributed by atoms with E-state index in [0.29, 0.717) is 18.4 Å². The lowest BCUT2D eigenvalue weighted by atomic mass is 9.86. The van der Waals surface area contributed by atoms with Gasteiger partial charge in [0.2, 0.25) is 0 Å². The second kappa shape index (κ2) is 7.49. The number of piperidine rings is 1. The van der Waals surface area contributed by atoms with E-state index < -0.39 is 0 Å². The first-order chi connectivity index (χ1) is 11.6. The van der Waals surface area contributed by atoms with Crippen molar-refractivity contribution < 1.29 is 14.3 Å². The first-order valence-electron chi connectivity index (χ1n) is 8.37. The Morgan fingerprint density at radius 1 is 1.21 bits per heavy atom. The van der Waals surface area contributed by atoms with Crippen molar-refractivity contribution in [2.75, 3.05) is 20.2 Å². The van der Waals surface area contributed by atoms with Crippen molar-refractivity contribution in [3.8, 4) is 0 Å². The number of allylic oxidation sites excluding steroid dienone is 2. The summed E-state index contributed by atoms with van der Waals surface area (Å²) in [6.45, 7) is 1.45. The number of nitrogens with zero attached hydrogens (tertiary/aromatic N) is 1. The fourth-order valence-electron chi connectivity index (χ4n) is 3.38. The zero-order chi connectivity index (χ0) is 17.1. The zero-order valence-corrected chi connectivity index (χ0v) is 14.6. The average molecular weight is 348 g/mol. The second-order valence-electron chi connectivity index (χ2n) is 6.43. The summed E-state index contributed by atoms with van der Waals surface area (Å²) < 4.78 is 5.34. The second-order valence-corrected chi connectivity index (χ2v) is 6.91. The number of halogens is 1. The van der Waals surface area contributed by atoms with Crippen molar-refractivity contribution in [1.29, 1.82) is 0 Å². The SMILES string of the molecule is COC1CCN(C(=O)c2ccc(C3CC(Cl)=CCC3=O)cc2)CC1. The van der Waals surface area contributed by atoms with E-state index in [1.165, 1.54) is 0 Å². The summed E-state index contributed by atoms with van der Waals surface area (Å²) in [5.41, 5.74) is 1.60. The third-order valence-corrected chi connectivity index (χ3v) is 5.24. The van der Waals surface area contributed by atoms with Crippen molar-refractivity contribution >= 4 is 23.3 Å². The largest absolute Gasteiger partial charge is 0.381 e. The molecule has 1 unspecified atom stereocenters. The predicted molar refractivity (Wildman–Crippen MR) is 93.3 cm³/mol. The van der Waals surface area contributed by atoms with E-state index >= 15 is 0 Å². The maximum absolute atomic E-state index is 12.6. The Kier molecular flexibility index (Phi) is 5.36. The number of hydrogen-bond donors (Lipinski definition) is 0. The van der Waals surface area contributed by atoms with Crippen LogP contribution in [0, 0.1) is 0 Å². The van der Waals surface area contributed by atoms with Crippen LogP contribution >= 0.6 is 11.6 Å². The molecule has 3 rings (SSSR count). The lowest BCUT2D eigenvalue weighted by Gasteiger charge is -2.31. The Balaban J connectivity index is 1.67. The molecule has 1 atom stereocenters. The highest BCUT2D eigenvalue weighted by Crippen LogP contribution is 2.32. The van der Waals surface area contributed by atoms with E-state index in [-0.39, 0.29) is 23.7 Å². The van der Waals surface area contributed by atoms with Gasteiger partial charge < -0.3 is 9.64 Å². The quantitative estimate of drug-likeness (QED) is 0.840. The Morgan fingerprint density at radius 3 is 2.50 bits per heavy atom. The van der Waals surface area contributed by atoms with E-state index in [0.717, 1.165) is 36.5 Å². The Hall–Kier alpha value is -1.65. The first kappa shape index (κ1) is 17.2. The minimum atomic E-state index is -0.191. The van der Waals surface area contributed by atoms with E-state index in [4.69, 9.17) is 16.3 Å². The average Bonchev–Trinajstić information content (AvgIpc) is 2.63. The zero-order valence-electron chi connectivity index (χ0n) is 13.8. The summed E-state index contributed by atoms with van der Waals surface area (Å²) in [5.74, 6) is 0.0354. The summed E-state index contributed by atoms with van der Waals surface area (Å²) in [7, 11) is 1.72. The van der Waals surface area contributed by atoms with Gasteiger partial charge in [0.15, 0.2) is 0 Å². The van der Waals surface area contributed by atoms with Gasteiger partial charge in [0, 0.05) is 43.1 Å². The molecular weight excluding hydrogens is 326 g/mol. The summed E-state index contributed by atoms with van der Waals surface area (Å²) in [5, 5.41) is 0.737. The van der Waals surface area contributed by atoms with Crippen LogP contribution in [0.1, 0.15) is 47.5 Å². The van der Waals surface area contributed by atoms with Gasteiger partial charge in [-0.2, -0.15) is 0 Å². The third kappa shape index (κ3) is 3.70. The normalized spacial score (nSPS) is 22.4. The molecule has 2 aliphatic rings. The molecule has 4 nitrogen and oxygen atoms in total. The fraction of sp³-hybridized carbons (Fsp3) is 0.474. The van der Waals surface area contributed by atoms with Crippen LogP contribution in [0.5, 0.6) is 0 Å². The number of Topliss-reactive ketones (excluding diaryl/α,β-unsaturated/α-hetero) is 1. The minimum Gasteiger partial charge on any atom is -0.381 e. The first-order valence-corrected chi connectivity index (χ1v) is 8.75. The van der Waals surface area contributed by atoms with Crippen LogP contribution in [0.2, 0.25) is 0 Å². The summed E-state index contributed by atoms with van der Waals surface area (Å²) in [4.78, 5) is 26.5. The van der Waals surface area contributed by atoms with Crippen LogP contribution in [-0.2, 0) is 9.53 Å². The predicted octanol–water partition coefficient (Wildman–Crippen LogP) is 3.51. The molecule has 1 aromatic rings. The number of carbonyl (C=O) groups excluding carboxylic acids is 2. The van der Waals surface area contributed by atoms with Gasteiger partial charge in [0.05, 0.1) is 6.10 Å². The van der Waals surface area contributed by atoms with Gasteiger partial charge in [0.25, 0.3) is 5.91 Å². The van der Waals surface area contributed by atoms with Crippen LogP contribution < -0.4 is 0 Å². The molecule has 0 aromatic heterocycles. The van der Waals surface area contributed by atoms with Crippen molar-refractivity contribution in [3.05, 3.63) is 46.5 Å². The van der Waals surface area contributed by atoms with Crippen molar-refractivity contribution in [3.63, 3.8) is 0 Å². The van der Waals surface area contributed by atoms with E-state index in [2.05, 4.69) is 0 Å². The Morgan fingerprint density at radius 2 is 1.88 bits per heavy atom. The maximum Gasteiger partial charge on any atom is 0.253 e. The number of methoxy groups -OCH3 is 1. The van der Waals surface area contributed by atoms with Crippen LogP contribution in [0.15, 0.2) is 35.4 Å². The van der Waals surface area contributed by atoms with Gasteiger partial charge in [-0.15, -0.1) is 0 Å². The lowest BCUT2D eigenvalue weighted by Crippen LogP contribution is -2.40. The molecule has 0 saturated carbocycles. The van der Waals surface area contributed by atoms with Crippen molar-refractivity contribution in [1.82, 2.24) is 4.90 Å². The summed E-state index contributed by atoms with van der Waals surface area (Å²) >= 11 is 6.07. The maximum atomic E-state index is 12.6. The molecule has 24 heavy (non-hydrogen) atoms. The molecule has 128 valence electrons. The Bertz CT molecular complexity index is 645. The standard InChI is InChI=1S/C19H22ClNO3/c1-24-16-8-10-21(11-9-16)19(23)14-4-2-13(3-5-14)17-12-15(20)6-7-18(17)22/h2-6,16-17H,7-12H2,1H3. The highest BCUT2D eigenvalue weighted by molar-refractivity contribution is 6.30. The molecule has 1 aliphatic carbocycles. The number of rotatable bonds is 3. The molecule has 0 bridgehead atoms. The molecule has 1 saturated heterocycles. The van der Waals surface area contributed by atoms with E-state index in [1.54, 1.807) is 13.2 Å². The lowest BCUT2D eigenvalue weighted by molar-refractivity contribution is -0.119. The number of ketones is 1. The molecule has 5 heteroatoms. The number of carbonyl (C=O) groups is 2. The molecule has 0 radical (unpaired) electrons. The number of ether oxygens (including phenoxy) is 1. The van der Waals surface area contributed by atoms with Crippen LogP contribution in [-0.4, -0.2) is 42.9 Å². The number of likely N-dealkylation sites (tertiary alicyclic amines) is 1. The van der Waals surface area contributed by atoms with E-state index in [1.807, 2.05) is 29.2 Å². The van der Waals surface area contributed by atoms with E-state index in [9.17, 15) is 9.59 Å². The van der Waals surface area contributed by atoms with Gasteiger partial charge >= 0.3 is 0 Å². The molecule has 0 N–H and O–H groups in total. The molecule has 0 spiro atoms. The van der Waals surface area contributed by atoms with Gasteiger partial charge in [-0.1, -0.05) is 29.8 Å². The third-order valence-electron chi connectivity index (χ3n) is 4.94. The van der Waals surface area contributed by atoms with Crippen LogP contribution in [0.4, 0.5) is 0 Å². The minimum absolute atomic E-state index is 0.0454. The molecule has 1 aliphatic heterocycles. The van der Waals surface area contributed by atoms with Crippen LogP contribution in [0.3, 0.4) is 0 Å². The molecule has 1 fully saturated rings. The van der Waals surface area contributed by atoms with Gasteiger partial charge in [-0.3, -0.25) is 9.59 Å². The monoisotopic (exact) mass is 347 g/mol. The Labute approximate surface area is 147 Å². The van der Waals surface area contributed by atoms with Gasteiger partial charge in [0.1, 0.15) is 5.78 Å². The highest BCUT2D eigenvalue weighted by atomic mass is 35.5. The van der Waals surface area contributed by atoms with Crippen LogP contribution in [0.25, 0.3) is 0 Å². The summed E-state index contributed by atoms with van der Waals surface area (Å²) in [6.07, 6.45) is 4.73. The van der Waals surface area contributed by atoms with Crippen molar-refractivity contribution in [2.45, 2.75) is 37.7 Å². The molecule has 1 amide bonds. The molecular formula is C19H22ClNO3. The smallest absolute Gasteiger partial charge is 0.253 e. The molecule has 1 heterocycles. The van der Waals surface area contributed by atoms with Gasteiger partial charge in [-0.05, 0) is 37.0 Å². The van der Waals surface area contributed by atoms with Gasteiger partial charge in [-0.25, -0.2) is 0 Å². The number of hydrogen-bond acceptors (Lipinski definition) is 3. The van der Waals surface area contributed by atoms with Crippen molar-refractivity contribution in [2.24, 2.45) is 0 Å². The highest BCUT2D eigenvalue weighted by Gasteiger charge is 2.26.